The summed E-state index contributed by atoms with van der Waals surface area (Å²) < 4.78 is 1.17. The van der Waals surface area contributed by atoms with Crippen molar-refractivity contribution in [3.8, 4) is 0 Å². The molecule has 1 unspecified atom stereocenters. The molecular weight excluding hydrogens is 216 g/mol. The summed E-state index contributed by atoms with van der Waals surface area (Å²) in [5, 5.41) is 2.22. The number of rotatable bonds is 3. The Kier molecular flexibility index (Phi) is 2.99. The van der Waals surface area contributed by atoms with Crippen LogP contribution >= 0.6 is 22.9 Å². The number of halogens is 1. The molecule has 1 atom stereocenters. The zero-order chi connectivity index (χ0) is 9.97. The van der Waals surface area contributed by atoms with Crippen LogP contribution in [0.3, 0.4) is 0 Å². The highest BCUT2D eigenvalue weighted by Gasteiger charge is 2.09. The first-order chi connectivity index (χ1) is 6.81. The standard InChI is InChI=1S/C10H11ClN2S/c1-2-7(11)5-9-10-8(3-4-14-10)12-6-13-9/h3-4,6-7H,2,5H2,1H3. The van der Waals surface area contributed by atoms with Gasteiger partial charge in [-0.3, -0.25) is 0 Å². The average molecular weight is 227 g/mol. The fourth-order valence-electron chi connectivity index (χ4n) is 1.34. The van der Waals surface area contributed by atoms with Gasteiger partial charge in [-0.1, -0.05) is 6.92 Å². The minimum atomic E-state index is 0.176. The van der Waals surface area contributed by atoms with Crippen molar-refractivity contribution >= 4 is 33.2 Å². The van der Waals surface area contributed by atoms with Crippen LogP contribution in [-0.2, 0) is 6.42 Å². The summed E-state index contributed by atoms with van der Waals surface area (Å²) in [6.07, 6.45) is 3.42. The van der Waals surface area contributed by atoms with Gasteiger partial charge in [-0.2, -0.15) is 0 Å². The third-order valence-electron chi connectivity index (χ3n) is 2.17. The quantitative estimate of drug-likeness (QED) is 0.751. The van der Waals surface area contributed by atoms with Crippen LogP contribution in [0.5, 0.6) is 0 Å². The summed E-state index contributed by atoms with van der Waals surface area (Å²) in [4.78, 5) is 8.47. The van der Waals surface area contributed by atoms with E-state index in [9.17, 15) is 0 Å². The lowest BCUT2D eigenvalue weighted by Gasteiger charge is -2.05. The predicted molar refractivity (Wildman–Crippen MR) is 61.1 cm³/mol. The Hall–Kier alpha value is -0.670. The van der Waals surface area contributed by atoms with E-state index in [1.54, 1.807) is 17.7 Å². The second kappa shape index (κ2) is 4.24. The molecule has 0 N–H and O–H groups in total. The highest BCUT2D eigenvalue weighted by atomic mass is 35.5. The summed E-state index contributed by atoms with van der Waals surface area (Å²) in [6, 6.07) is 2.01. The van der Waals surface area contributed by atoms with Crippen LogP contribution in [0.1, 0.15) is 19.0 Å². The number of nitrogens with zero attached hydrogens (tertiary/aromatic N) is 2. The number of hydrogen-bond acceptors (Lipinski definition) is 3. The third kappa shape index (κ3) is 1.88. The largest absolute Gasteiger partial charge is 0.240 e. The Balaban J connectivity index is 2.36. The molecule has 2 nitrogen and oxygen atoms in total. The number of fused-ring (bicyclic) bond motifs is 1. The Morgan fingerprint density at radius 2 is 2.36 bits per heavy atom. The van der Waals surface area contributed by atoms with E-state index < -0.39 is 0 Å². The summed E-state index contributed by atoms with van der Waals surface area (Å²) in [6.45, 7) is 2.09. The molecule has 0 bridgehead atoms. The lowest BCUT2D eigenvalue weighted by Crippen LogP contribution is -2.03. The minimum Gasteiger partial charge on any atom is -0.240 e. The van der Waals surface area contributed by atoms with Crippen molar-refractivity contribution in [1.29, 1.82) is 0 Å². The molecule has 0 aliphatic heterocycles. The number of thiophene rings is 1. The fourth-order valence-corrected chi connectivity index (χ4v) is 2.33. The molecule has 2 rings (SSSR count). The van der Waals surface area contributed by atoms with Crippen LogP contribution in [0.15, 0.2) is 17.8 Å². The molecule has 2 heterocycles. The molecule has 0 fully saturated rings. The van der Waals surface area contributed by atoms with Gasteiger partial charge in [0.15, 0.2) is 0 Å². The SMILES string of the molecule is CCC(Cl)Cc1ncnc2ccsc12. The molecule has 0 saturated heterocycles. The van der Waals surface area contributed by atoms with E-state index in [-0.39, 0.29) is 5.38 Å². The maximum atomic E-state index is 6.11. The van der Waals surface area contributed by atoms with Gasteiger partial charge in [0.1, 0.15) is 6.33 Å². The maximum absolute atomic E-state index is 6.11. The Morgan fingerprint density at radius 1 is 1.50 bits per heavy atom. The summed E-state index contributed by atoms with van der Waals surface area (Å²) in [5.41, 5.74) is 2.10. The van der Waals surface area contributed by atoms with E-state index in [2.05, 4.69) is 16.9 Å². The molecule has 2 aromatic heterocycles. The van der Waals surface area contributed by atoms with Crippen LogP contribution in [0.25, 0.3) is 10.2 Å². The smallest absolute Gasteiger partial charge is 0.116 e. The van der Waals surface area contributed by atoms with Crippen LogP contribution < -0.4 is 0 Å². The van der Waals surface area contributed by atoms with Gasteiger partial charge < -0.3 is 0 Å². The van der Waals surface area contributed by atoms with Gasteiger partial charge in [-0.15, -0.1) is 22.9 Å². The molecule has 2 aromatic rings. The van der Waals surface area contributed by atoms with Gasteiger partial charge in [0, 0.05) is 11.8 Å². The van der Waals surface area contributed by atoms with Crippen molar-refractivity contribution in [2.75, 3.05) is 0 Å². The molecule has 0 radical (unpaired) electrons. The highest BCUT2D eigenvalue weighted by molar-refractivity contribution is 7.17. The van der Waals surface area contributed by atoms with Crippen LogP contribution in [0, 0.1) is 0 Å². The summed E-state index contributed by atoms with van der Waals surface area (Å²) in [5.74, 6) is 0. The first kappa shape index (κ1) is 9.87. The second-order valence-electron chi connectivity index (χ2n) is 3.16. The first-order valence-electron chi connectivity index (χ1n) is 4.62. The Morgan fingerprint density at radius 3 is 3.14 bits per heavy atom. The van der Waals surface area contributed by atoms with Gasteiger partial charge >= 0.3 is 0 Å². The zero-order valence-corrected chi connectivity index (χ0v) is 9.48. The topological polar surface area (TPSA) is 25.8 Å². The fraction of sp³-hybridized carbons (Fsp3) is 0.400. The molecule has 14 heavy (non-hydrogen) atoms. The monoisotopic (exact) mass is 226 g/mol. The molecule has 0 amide bonds. The molecular formula is C10H11ClN2S. The van der Waals surface area contributed by atoms with Crippen LogP contribution in [-0.4, -0.2) is 15.3 Å². The summed E-state index contributed by atoms with van der Waals surface area (Å²) >= 11 is 7.79. The van der Waals surface area contributed by atoms with Gasteiger partial charge in [-0.05, 0) is 17.9 Å². The molecule has 0 aliphatic rings. The number of hydrogen-bond donors (Lipinski definition) is 0. The lowest BCUT2D eigenvalue weighted by molar-refractivity contribution is 0.790. The normalized spacial score (nSPS) is 13.3. The lowest BCUT2D eigenvalue weighted by atomic mass is 10.2. The van der Waals surface area contributed by atoms with E-state index in [1.165, 1.54) is 4.70 Å². The predicted octanol–water partition coefficient (Wildman–Crippen LogP) is 3.25. The Bertz CT molecular complexity index is 427. The van der Waals surface area contributed by atoms with Gasteiger partial charge in [0.2, 0.25) is 0 Å². The number of alkyl halides is 1. The van der Waals surface area contributed by atoms with Crippen molar-refractivity contribution in [2.45, 2.75) is 25.1 Å². The number of aromatic nitrogens is 2. The Labute approximate surface area is 92.0 Å². The first-order valence-corrected chi connectivity index (χ1v) is 5.94. The van der Waals surface area contributed by atoms with Crippen molar-refractivity contribution < 1.29 is 0 Å². The van der Waals surface area contributed by atoms with E-state index in [0.717, 1.165) is 24.1 Å². The zero-order valence-electron chi connectivity index (χ0n) is 7.90. The average Bonchev–Trinajstić information content (AvgIpc) is 2.66. The van der Waals surface area contributed by atoms with E-state index in [4.69, 9.17) is 11.6 Å². The molecule has 0 aliphatic carbocycles. The van der Waals surface area contributed by atoms with Crippen molar-refractivity contribution in [1.82, 2.24) is 9.97 Å². The second-order valence-corrected chi connectivity index (χ2v) is 4.70. The van der Waals surface area contributed by atoms with Gasteiger partial charge in [0.25, 0.3) is 0 Å². The van der Waals surface area contributed by atoms with Crippen molar-refractivity contribution in [2.24, 2.45) is 0 Å². The van der Waals surface area contributed by atoms with E-state index in [0.29, 0.717) is 0 Å². The third-order valence-corrected chi connectivity index (χ3v) is 3.59. The maximum Gasteiger partial charge on any atom is 0.116 e. The highest BCUT2D eigenvalue weighted by Crippen LogP contribution is 2.23. The van der Waals surface area contributed by atoms with Gasteiger partial charge in [-0.25, -0.2) is 9.97 Å². The van der Waals surface area contributed by atoms with E-state index >= 15 is 0 Å². The van der Waals surface area contributed by atoms with Crippen molar-refractivity contribution in [3.63, 3.8) is 0 Å². The minimum absolute atomic E-state index is 0.176. The van der Waals surface area contributed by atoms with Crippen molar-refractivity contribution in [3.05, 3.63) is 23.5 Å². The molecule has 0 saturated carbocycles. The summed E-state index contributed by atoms with van der Waals surface area (Å²) in [7, 11) is 0. The van der Waals surface area contributed by atoms with Crippen LogP contribution in [0.2, 0.25) is 0 Å². The molecule has 0 spiro atoms. The van der Waals surface area contributed by atoms with Gasteiger partial charge in [0.05, 0.1) is 15.9 Å². The van der Waals surface area contributed by atoms with Crippen LogP contribution in [0.4, 0.5) is 0 Å². The molecule has 0 aromatic carbocycles. The van der Waals surface area contributed by atoms with E-state index in [1.807, 2.05) is 11.4 Å². The molecule has 74 valence electrons. The molecule has 4 heteroatoms.